The molecular formula is C24H29NO. The Kier molecular flexibility index (Phi) is 5.40. The lowest BCUT2D eigenvalue weighted by atomic mass is 9.97. The van der Waals surface area contributed by atoms with Gasteiger partial charge in [-0.25, -0.2) is 0 Å². The summed E-state index contributed by atoms with van der Waals surface area (Å²) in [6.07, 6.45) is 8.18. The van der Waals surface area contributed by atoms with Gasteiger partial charge in [-0.05, 0) is 66.5 Å². The minimum absolute atomic E-state index is 0.907. The van der Waals surface area contributed by atoms with E-state index in [-0.39, 0.29) is 0 Å². The smallest absolute Gasteiger partial charge is 0.118 e. The fourth-order valence-corrected chi connectivity index (χ4v) is 4.60. The summed E-state index contributed by atoms with van der Waals surface area (Å²) in [6, 6.07) is 19.2. The molecule has 2 fully saturated rings. The molecule has 1 saturated carbocycles. The van der Waals surface area contributed by atoms with Crippen molar-refractivity contribution in [2.45, 2.75) is 25.7 Å². The van der Waals surface area contributed by atoms with Crippen molar-refractivity contribution in [3.8, 4) is 5.75 Å². The van der Waals surface area contributed by atoms with Crippen LogP contribution in [0.2, 0.25) is 0 Å². The van der Waals surface area contributed by atoms with Gasteiger partial charge in [0, 0.05) is 13.1 Å². The van der Waals surface area contributed by atoms with Gasteiger partial charge in [-0.15, -0.1) is 0 Å². The highest BCUT2D eigenvalue weighted by Gasteiger charge is 2.29. The summed E-state index contributed by atoms with van der Waals surface area (Å²) in [7, 11) is 1.72. The van der Waals surface area contributed by atoms with Crippen LogP contribution in [0.1, 0.15) is 36.8 Å². The van der Waals surface area contributed by atoms with E-state index in [0.717, 1.165) is 24.1 Å². The Hall–Kier alpha value is -2.06. The molecule has 2 aromatic carbocycles. The van der Waals surface area contributed by atoms with Gasteiger partial charge in [0.05, 0.1) is 7.11 Å². The van der Waals surface area contributed by atoms with Crippen molar-refractivity contribution in [3.63, 3.8) is 0 Å². The van der Waals surface area contributed by atoms with Crippen LogP contribution in [0.5, 0.6) is 5.75 Å². The van der Waals surface area contributed by atoms with Crippen molar-refractivity contribution in [1.29, 1.82) is 0 Å². The van der Waals surface area contributed by atoms with E-state index >= 15 is 0 Å². The maximum Gasteiger partial charge on any atom is 0.118 e. The molecule has 0 aromatic heterocycles. The maximum absolute atomic E-state index is 5.32. The topological polar surface area (TPSA) is 12.5 Å². The van der Waals surface area contributed by atoms with E-state index in [2.05, 4.69) is 65.6 Å². The van der Waals surface area contributed by atoms with Crippen molar-refractivity contribution in [1.82, 2.24) is 4.90 Å². The zero-order chi connectivity index (χ0) is 17.8. The Morgan fingerprint density at radius 2 is 1.69 bits per heavy atom. The number of fused-ring (bicyclic) bond motifs is 2. The molecule has 2 atom stereocenters. The van der Waals surface area contributed by atoms with Crippen LogP contribution in [-0.4, -0.2) is 31.6 Å². The molecule has 1 aliphatic carbocycles. The van der Waals surface area contributed by atoms with Crippen LogP contribution in [0, 0.1) is 11.8 Å². The number of likely N-dealkylation sites (tertiary alicyclic amines) is 1. The SMILES string of the molecule is COc1ccc(C(=CCN2CCC3CCC(C3)C2)c2ccccc2)cc1. The highest BCUT2D eigenvalue weighted by molar-refractivity contribution is 5.80. The maximum atomic E-state index is 5.32. The predicted molar refractivity (Wildman–Crippen MR) is 108 cm³/mol. The van der Waals surface area contributed by atoms with Crippen molar-refractivity contribution < 1.29 is 4.74 Å². The zero-order valence-electron chi connectivity index (χ0n) is 15.7. The molecule has 2 aromatic rings. The summed E-state index contributed by atoms with van der Waals surface area (Å²) in [4.78, 5) is 2.66. The predicted octanol–water partition coefficient (Wildman–Crippen LogP) is 5.25. The quantitative estimate of drug-likeness (QED) is 0.732. The zero-order valence-corrected chi connectivity index (χ0v) is 15.7. The first-order valence-corrected chi connectivity index (χ1v) is 9.94. The minimum atomic E-state index is 0.907. The third-order valence-corrected chi connectivity index (χ3v) is 6.06. The van der Waals surface area contributed by atoms with Crippen LogP contribution in [0.15, 0.2) is 60.7 Å². The lowest BCUT2D eigenvalue weighted by Crippen LogP contribution is -2.29. The first kappa shape index (κ1) is 17.4. The highest BCUT2D eigenvalue weighted by atomic mass is 16.5. The molecule has 26 heavy (non-hydrogen) atoms. The molecule has 0 amide bonds. The fraction of sp³-hybridized carbons (Fsp3) is 0.417. The molecule has 0 N–H and O–H groups in total. The minimum Gasteiger partial charge on any atom is -0.497 e. The van der Waals surface area contributed by atoms with Crippen LogP contribution in [0.3, 0.4) is 0 Å². The molecule has 4 rings (SSSR count). The molecule has 2 bridgehead atoms. The number of methoxy groups -OCH3 is 1. The number of benzene rings is 2. The van der Waals surface area contributed by atoms with Crippen molar-refractivity contribution in [3.05, 3.63) is 71.8 Å². The Morgan fingerprint density at radius 3 is 2.46 bits per heavy atom. The summed E-state index contributed by atoms with van der Waals surface area (Å²) in [5, 5.41) is 0. The molecule has 2 aliphatic rings. The monoisotopic (exact) mass is 347 g/mol. The van der Waals surface area contributed by atoms with Crippen LogP contribution < -0.4 is 4.74 Å². The van der Waals surface area contributed by atoms with Crippen LogP contribution in [-0.2, 0) is 0 Å². The number of ether oxygens (including phenoxy) is 1. The van der Waals surface area contributed by atoms with E-state index in [1.165, 1.54) is 55.5 Å². The van der Waals surface area contributed by atoms with Gasteiger partial charge in [-0.1, -0.05) is 55.0 Å². The fourth-order valence-electron chi connectivity index (χ4n) is 4.60. The van der Waals surface area contributed by atoms with Crippen LogP contribution in [0.4, 0.5) is 0 Å². The lowest BCUT2D eigenvalue weighted by Gasteiger charge is -2.23. The molecule has 1 heterocycles. The number of hydrogen-bond donors (Lipinski definition) is 0. The van der Waals surface area contributed by atoms with Gasteiger partial charge in [0.15, 0.2) is 0 Å². The van der Waals surface area contributed by atoms with Crippen LogP contribution >= 0.6 is 0 Å². The summed E-state index contributed by atoms with van der Waals surface area (Å²) in [5.74, 6) is 2.82. The first-order valence-electron chi connectivity index (χ1n) is 9.94. The van der Waals surface area contributed by atoms with E-state index in [1.54, 1.807) is 7.11 Å². The first-order chi connectivity index (χ1) is 12.8. The number of nitrogens with zero attached hydrogens (tertiary/aromatic N) is 1. The molecule has 2 nitrogen and oxygen atoms in total. The highest BCUT2D eigenvalue weighted by Crippen LogP contribution is 2.36. The summed E-state index contributed by atoms with van der Waals surface area (Å²) in [5.41, 5.74) is 3.87. The van der Waals surface area contributed by atoms with Crippen molar-refractivity contribution in [2.24, 2.45) is 11.8 Å². The Labute approximate surface area is 157 Å². The van der Waals surface area contributed by atoms with Gasteiger partial charge < -0.3 is 4.74 Å². The van der Waals surface area contributed by atoms with E-state index < -0.39 is 0 Å². The molecule has 2 unspecified atom stereocenters. The average molecular weight is 348 g/mol. The Balaban J connectivity index is 1.56. The molecule has 2 heteroatoms. The standard InChI is InChI=1S/C24H29NO/c1-26-23-11-9-22(10-12-23)24(21-5-3-2-4-6-21)14-16-25-15-13-19-7-8-20(17-19)18-25/h2-6,9-12,14,19-20H,7-8,13,15-18H2,1H3. The van der Waals surface area contributed by atoms with E-state index in [1.807, 2.05) is 0 Å². The third kappa shape index (κ3) is 4.02. The second-order valence-electron chi connectivity index (χ2n) is 7.81. The van der Waals surface area contributed by atoms with E-state index in [0.29, 0.717) is 0 Å². The summed E-state index contributed by atoms with van der Waals surface area (Å²) in [6.45, 7) is 3.57. The summed E-state index contributed by atoms with van der Waals surface area (Å²) < 4.78 is 5.32. The molecular weight excluding hydrogens is 318 g/mol. The molecule has 0 radical (unpaired) electrons. The Bertz CT molecular complexity index is 735. The second kappa shape index (κ2) is 8.09. The largest absolute Gasteiger partial charge is 0.497 e. The molecule has 0 spiro atoms. The van der Waals surface area contributed by atoms with Gasteiger partial charge >= 0.3 is 0 Å². The average Bonchev–Trinajstić information content (AvgIpc) is 3.04. The lowest BCUT2D eigenvalue weighted by molar-refractivity contribution is 0.260. The normalized spacial score (nSPS) is 23.7. The van der Waals surface area contributed by atoms with E-state index in [9.17, 15) is 0 Å². The van der Waals surface area contributed by atoms with Gasteiger partial charge in [0.25, 0.3) is 0 Å². The third-order valence-electron chi connectivity index (χ3n) is 6.06. The summed E-state index contributed by atoms with van der Waals surface area (Å²) >= 11 is 0. The molecule has 136 valence electrons. The van der Waals surface area contributed by atoms with Gasteiger partial charge in [0.2, 0.25) is 0 Å². The number of rotatable bonds is 5. The number of hydrogen-bond acceptors (Lipinski definition) is 2. The Morgan fingerprint density at radius 1 is 0.962 bits per heavy atom. The van der Waals surface area contributed by atoms with Crippen molar-refractivity contribution >= 4 is 5.57 Å². The van der Waals surface area contributed by atoms with Crippen molar-refractivity contribution in [2.75, 3.05) is 26.7 Å². The van der Waals surface area contributed by atoms with Gasteiger partial charge in [-0.3, -0.25) is 4.90 Å². The molecule has 1 saturated heterocycles. The van der Waals surface area contributed by atoms with Crippen LogP contribution in [0.25, 0.3) is 5.57 Å². The van der Waals surface area contributed by atoms with Gasteiger partial charge in [-0.2, -0.15) is 0 Å². The second-order valence-corrected chi connectivity index (χ2v) is 7.81. The van der Waals surface area contributed by atoms with E-state index in [4.69, 9.17) is 4.74 Å². The molecule has 1 aliphatic heterocycles. The van der Waals surface area contributed by atoms with Gasteiger partial charge in [0.1, 0.15) is 5.75 Å².